The first kappa shape index (κ1) is 29.9. The Morgan fingerprint density at radius 2 is 1.51 bits per heavy atom. The molecular weight excluding hydrogens is 542 g/mol. The Morgan fingerprint density at radius 1 is 0.860 bits per heavy atom. The molecule has 3 saturated heterocycles. The maximum atomic E-state index is 11.4. The molecule has 2 amide bonds. The van der Waals surface area contributed by atoms with E-state index in [-0.39, 0.29) is 11.8 Å². The molecule has 4 fully saturated rings. The summed E-state index contributed by atoms with van der Waals surface area (Å²) in [7, 11) is 1.89. The van der Waals surface area contributed by atoms with Crippen molar-refractivity contribution in [2.24, 2.45) is 11.7 Å². The number of nitrogens with two attached hydrogens (primary N) is 1. The zero-order valence-corrected chi connectivity index (χ0v) is 25.7. The number of nitrogens with one attached hydrogen (secondary N) is 1. The van der Waals surface area contributed by atoms with Crippen molar-refractivity contribution in [3.63, 3.8) is 0 Å². The van der Waals surface area contributed by atoms with Crippen LogP contribution < -0.4 is 16.0 Å². The molecule has 0 atom stereocenters. The number of amides is 2. The molecule has 2 aromatic rings. The Morgan fingerprint density at radius 3 is 2.16 bits per heavy atom. The fourth-order valence-electron chi connectivity index (χ4n) is 7.78. The molecule has 1 aromatic heterocycles. The maximum Gasteiger partial charge on any atom is 0.314 e. The van der Waals surface area contributed by atoms with Gasteiger partial charge in [0.2, 0.25) is 0 Å². The Hall–Kier alpha value is -3.15. The summed E-state index contributed by atoms with van der Waals surface area (Å²) in [6, 6.07) is 10.5. The van der Waals surface area contributed by atoms with Crippen LogP contribution in [-0.2, 0) is 0 Å². The van der Waals surface area contributed by atoms with Crippen LogP contribution in [0.15, 0.2) is 30.3 Å². The van der Waals surface area contributed by atoms with Crippen LogP contribution in [0.5, 0.6) is 5.75 Å². The third-order valence-corrected chi connectivity index (χ3v) is 10.4. The van der Waals surface area contributed by atoms with Gasteiger partial charge in [-0.05, 0) is 75.7 Å². The Balaban J connectivity index is 0.943. The van der Waals surface area contributed by atoms with Crippen molar-refractivity contribution in [1.82, 2.24) is 29.8 Å². The molecule has 4 aliphatic rings. The summed E-state index contributed by atoms with van der Waals surface area (Å²) in [6.07, 6.45) is 7.83. The predicted molar refractivity (Wildman–Crippen MR) is 170 cm³/mol. The molecule has 11 heteroatoms. The van der Waals surface area contributed by atoms with Gasteiger partial charge in [-0.25, -0.2) is 4.79 Å². The van der Waals surface area contributed by atoms with Gasteiger partial charge in [-0.2, -0.15) is 0 Å². The number of phenols is 1. The molecule has 1 saturated carbocycles. The molecule has 0 spiro atoms. The molecule has 11 nitrogen and oxygen atoms in total. The fraction of sp³-hybridized carbons (Fsp3) is 0.656. The van der Waals surface area contributed by atoms with Crippen LogP contribution in [0.25, 0.3) is 11.3 Å². The van der Waals surface area contributed by atoms with E-state index < -0.39 is 0 Å². The van der Waals surface area contributed by atoms with Crippen molar-refractivity contribution >= 4 is 17.5 Å². The largest absolute Gasteiger partial charge is 0.507 e. The highest BCUT2D eigenvalue weighted by Gasteiger charge is 2.33. The van der Waals surface area contributed by atoms with Crippen molar-refractivity contribution in [1.29, 1.82) is 0 Å². The molecule has 4 N–H and O–H groups in total. The number of hydrogen-bond acceptors (Lipinski definition) is 9. The highest BCUT2D eigenvalue weighted by molar-refractivity contribution is 5.75. The molecule has 234 valence electrons. The maximum absolute atomic E-state index is 11.4. The van der Waals surface area contributed by atoms with Gasteiger partial charge in [-0.15, -0.1) is 10.2 Å². The number of urea groups is 1. The first-order valence-electron chi connectivity index (χ1n) is 16.3. The Labute approximate surface area is 256 Å². The molecule has 0 bridgehead atoms. The van der Waals surface area contributed by atoms with Crippen molar-refractivity contribution in [2.75, 3.05) is 89.3 Å². The minimum Gasteiger partial charge on any atom is -0.507 e. The molecule has 0 radical (unpaired) electrons. The number of piperazine rings is 2. The smallest absolute Gasteiger partial charge is 0.314 e. The number of piperidine rings is 1. The third kappa shape index (κ3) is 6.99. The molecule has 1 aliphatic carbocycles. The summed E-state index contributed by atoms with van der Waals surface area (Å²) in [5.74, 6) is 1.79. The number of benzene rings is 1. The van der Waals surface area contributed by atoms with E-state index in [0.717, 1.165) is 75.8 Å². The number of primary amides is 1. The number of hydrogen-bond donors (Lipinski definition) is 3. The monoisotopic (exact) mass is 591 g/mol. The Bertz CT molecular complexity index is 1210. The summed E-state index contributed by atoms with van der Waals surface area (Å²) in [5.41, 5.74) is 7.89. The van der Waals surface area contributed by atoms with Gasteiger partial charge >= 0.3 is 6.03 Å². The van der Waals surface area contributed by atoms with E-state index in [2.05, 4.69) is 41.2 Å². The summed E-state index contributed by atoms with van der Waals surface area (Å²) in [5, 5.41) is 22.4. The van der Waals surface area contributed by atoms with Crippen molar-refractivity contribution < 1.29 is 9.90 Å². The number of para-hydroxylation sites is 1. The molecular formula is C32H49N9O2. The lowest BCUT2D eigenvalue weighted by Gasteiger charge is -2.46. The lowest BCUT2D eigenvalue weighted by atomic mass is 9.84. The SMILES string of the molecule is CNc1nnc(-c2ccccc2O)cc1N1CCN(C2CCN(C3CCC(CN4CCN(C(N)=O)CC4)CC3)CC2)CC1. The van der Waals surface area contributed by atoms with Crippen molar-refractivity contribution in [2.45, 2.75) is 50.6 Å². The number of carbonyl (C=O) groups is 1. The van der Waals surface area contributed by atoms with Crippen molar-refractivity contribution in [3.05, 3.63) is 30.3 Å². The molecule has 43 heavy (non-hydrogen) atoms. The fourth-order valence-corrected chi connectivity index (χ4v) is 7.78. The molecule has 6 rings (SSSR count). The zero-order valence-electron chi connectivity index (χ0n) is 25.7. The molecule has 3 aliphatic heterocycles. The molecule has 0 unspecified atom stereocenters. The van der Waals surface area contributed by atoms with Crippen LogP contribution in [0.3, 0.4) is 0 Å². The van der Waals surface area contributed by atoms with Gasteiger partial charge < -0.3 is 30.9 Å². The number of phenolic OH excluding ortho intramolecular Hbond substituents is 1. The van der Waals surface area contributed by atoms with Gasteiger partial charge in [0.25, 0.3) is 0 Å². The average Bonchev–Trinajstić information content (AvgIpc) is 3.05. The number of anilines is 2. The van der Waals surface area contributed by atoms with Gasteiger partial charge in [0.1, 0.15) is 5.75 Å². The predicted octanol–water partition coefficient (Wildman–Crippen LogP) is 2.73. The van der Waals surface area contributed by atoms with Crippen LogP contribution in [-0.4, -0.2) is 132 Å². The lowest BCUT2D eigenvalue weighted by molar-refractivity contribution is 0.0549. The van der Waals surface area contributed by atoms with Crippen LogP contribution in [0.1, 0.15) is 38.5 Å². The number of aromatic hydroxyl groups is 1. The number of aromatic nitrogens is 2. The van der Waals surface area contributed by atoms with Crippen LogP contribution in [0.2, 0.25) is 0 Å². The van der Waals surface area contributed by atoms with Crippen LogP contribution in [0, 0.1) is 5.92 Å². The van der Waals surface area contributed by atoms with E-state index in [9.17, 15) is 9.90 Å². The second-order valence-electron chi connectivity index (χ2n) is 12.8. The van der Waals surface area contributed by atoms with E-state index in [1.165, 1.54) is 58.2 Å². The summed E-state index contributed by atoms with van der Waals surface area (Å²) in [4.78, 5) is 23.6. The minimum atomic E-state index is -0.281. The average molecular weight is 592 g/mol. The van der Waals surface area contributed by atoms with E-state index in [1.54, 1.807) is 11.0 Å². The van der Waals surface area contributed by atoms with Crippen LogP contribution in [0.4, 0.5) is 16.3 Å². The standard InChI is InChI=1S/C32H49N9O2/c1-34-31-29(22-28(35-36-31)27-4-2-3-5-30(27)42)40-20-18-39(19-21-40)26-10-12-38(13-11-26)25-8-6-24(7-9-25)23-37-14-16-41(17-15-37)32(33)43/h2-5,22,24-26,42H,6-21,23H2,1H3,(H2,33,43)(H,34,36). The number of rotatable bonds is 7. The van der Waals surface area contributed by atoms with Gasteiger partial charge in [0.15, 0.2) is 5.82 Å². The first-order valence-corrected chi connectivity index (χ1v) is 16.3. The highest BCUT2D eigenvalue weighted by atomic mass is 16.3. The summed E-state index contributed by atoms with van der Waals surface area (Å²) >= 11 is 0. The normalized spacial score (nSPS) is 25.1. The van der Waals surface area contributed by atoms with Crippen LogP contribution >= 0.6 is 0 Å². The third-order valence-electron chi connectivity index (χ3n) is 10.4. The zero-order chi connectivity index (χ0) is 29.8. The molecule has 4 heterocycles. The van der Waals surface area contributed by atoms with Gasteiger partial charge in [-0.1, -0.05) is 12.1 Å². The van der Waals surface area contributed by atoms with E-state index >= 15 is 0 Å². The van der Waals surface area contributed by atoms with Crippen molar-refractivity contribution in [3.8, 4) is 17.0 Å². The number of nitrogens with zero attached hydrogens (tertiary/aromatic N) is 7. The van der Waals surface area contributed by atoms with Gasteiger partial charge in [-0.3, -0.25) is 9.80 Å². The highest BCUT2D eigenvalue weighted by Crippen LogP contribution is 2.34. The quantitative estimate of drug-likeness (QED) is 0.447. The number of likely N-dealkylation sites (tertiary alicyclic amines) is 1. The van der Waals surface area contributed by atoms with E-state index in [1.807, 2.05) is 25.2 Å². The second kappa shape index (κ2) is 13.7. The topological polar surface area (TPSA) is 117 Å². The number of carbonyl (C=O) groups excluding carboxylic acids is 1. The van der Waals surface area contributed by atoms with E-state index in [0.29, 0.717) is 17.3 Å². The molecule has 1 aromatic carbocycles. The second-order valence-corrected chi connectivity index (χ2v) is 12.8. The Kier molecular flexibility index (Phi) is 9.49. The lowest BCUT2D eigenvalue weighted by Crippen LogP contribution is -2.54. The first-order chi connectivity index (χ1) is 21.0. The van der Waals surface area contributed by atoms with Gasteiger partial charge in [0, 0.05) is 83.6 Å². The van der Waals surface area contributed by atoms with Gasteiger partial charge in [0.05, 0.1) is 11.4 Å². The summed E-state index contributed by atoms with van der Waals surface area (Å²) < 4.78 is 0. The van der Waals surface area contributed by atoms with E-state index in [4.69, 9.17) is 5.73 Å². The summed E-state index contributed by atoms with van der Waals surface area (Å²) in [6.45, 7) is 11.1. The minimum absolute atomic E-state index is 0.223.